The van der Waals surface area contributed by atoms with Crippen LogP contribution in [0.15, 0.2) is 30.9 Å². The van der Waals surface area contributed by atoms with E-state index in [2.05, 4.69) is 11.9 Å². The average molecular weight is 335 g/mol. The van der Waals surface area contributed by atoms with Crippen molar-refractivity contribution in [2.45, 2.75) is 38.6 Å². The van der Waals surface area contributed by atoms with Gasteiger partial charge in [0.15, 0.2) is 18.1 Å². The van der Waals surface area contributed by atoms with Gasteiger partial charge in [-0.1, -0.05) is 25.5 Å². The molecular formula is C18H25NO5. The molecule has 0 aliphatic rings. The summed E-state index contributed by atoms with van der Waals surface area (Å²) in [5.74, 6) is -0.626. The van der Waals surface area contributed by atoms with E-state index >= 15 is 0 Å². The van der Waals surface area contributed by atoms with Crippen molar-refractivity contribution in [2.24, 2.45) is 0 Å². The van der Waals surface area contributed by atoms with E-state index in [1.807, 2.05) is 19.1 Å². The molecule has 0 heterocycles. The van der Waals surface area contributed by atoms with Crippen molar-refractivity contribution in [3.8, 4) is 11.5 Å². The number of hydrogen-bond acceptors (Lipinski definition) is 4. The maximum Gasteiger partial charge on any atom is 0.329 e. The average Bonchev–Trinajstić information content (AvgIpc) is 2.53. The van der Waals surface area contributed by atoms with Crippen LogP contribution in [-0.2, 0) is 16.0 Å². The highest BCUT2D eigenvalue weighted by atomic mass is 16.5. The molecule has 0 bridgehead atoms. The fourth-order valence-corrected chi connectivity index (χ4v) is 2.33. The number of hydrogen-bond donors (Lipinski definition) is 2. The molecule has 1 aromatic rings. The van der Waals surface area contributed by atoms with Gasteiger partial charge >= 0.3 is 5.97 Å². The van der Waals surface area contributed by atoms with Crippen LogP contribution in [-0.4, -0.2) is 36.2 Å². The highest BCUT2D eigenvalue weighted by Crippen LogP contribution is 2.28. The standard InChI is InChI=1S/C18H25NO5/c1-5-7-13-8-9-14(15(11-13)23-4)24-12-16(20)19-18(3,10-6-2)17(21)22/h5,8-9,11H,1,6-7,10,12H2,2-4H3,(H,19,20)(H,21,22). The Hall–Kier alpha value is -2.50. The number of carboxylic acids is 1. The molecule has 0 fully saturated rings. The number of amides is 1. The number of allylic oxidation sites excluding steroid dienone is 1. The zero-order chi connectivity index (χ0) is 18.2. The lowest BCUT2D eigenvalue weighted by Gasteiger charge is -2.25. The van der Waals surface area contributed by atoms with E-state index in [0.717, 1.165) is 5.56 Å². The summed E-state index contributed by atoms with van der Waals surface area (Å²) in [4.78, 5) is 23.4. The lowest BCUT2D eigenvalue weighted by atomic mass is 9.96. The minimum atomic E-state index is -1.30. The van der Waals surface area contributed by atoms with Crippen molar-refractivity contribution in [2.75, 3.05) is 13.7 Å². The molecule has 1 unspecified atom stereocenters. The van der Waals surface area contributed by atoms with Crippen LogP contribution in [0.5, 0.6) is 11.5 Å². The molecule has 24 heavy (non-hydrogen) atoms. The van der Waals surface area contributed by atoms with E-state index in [1.165, 1.54) is 14.0 Å². The topological polar surface area (TPSA) is 84.9 Å². The molecule has 2 N–H and O–H groups in total. The Bertz CT molecular complexity index is 599. The monoisotopic (exact) mass is 335 g/mol. The van der Waals surface area contributed by atoms with Crippen LogP contribution in [0.25, 0.3) is 0 Å². The molecule has 1 amide bonds. The van der Waals surface area contributed by atoms with E-state index in [4.69, 9.17) is 9.47 Å². The van der Waals surface area contributed by atoms with Crippen LogP contribution in [0.4, 0.5) is 0 Å². The molecule has 0 saturated heterocycles. The number of benzene rings is 1. The van der Waals surface area contributed by atoms with E-state index in [-0.39, 0.29) is 6.61 Å². The predicted octanol–water partition coefficient (Wildman–Crippen LogP) is 2.56. The van der Waals surface area contributed by atoms with Crippen LogP contribution < -0.4 is 14.8 Å². The molecular weight excluding hydrogens is 310 g/mol. The van der Waals surface area contributed by atoms with Gasteiger partial charge in [-0.05, 0) is 37.5 Å². The van der Waals surface area contributed by atoms with Gasteiger partial charge in [0.25, 0.3) is 5.91 Å². The minimum Gasteiger partial charge on any atom is -0.493 e. The highest BCUT2D eigenvalue weighted by molar-refractivity contribution is 5.87. The van der Waals surface area contributed by atoms with Gasteiger partial charge in [0, 0.05) is 0 Å². The Morgan fingerprint density at radius 2 is 2.08 bits per heavy atom. The molecule has 0 saturated carbocycles. The number of carbonyl (C=O) groups is 2. The smallest absolute Gasteiger partial charge is 0.329 e. The number of carbonyl (C=O) groups excluding carboxylic acids is 1. The summed E-state index contributed by atoms with van der Waals surface area (Å²) in [6.07, 6.45) is 3.46. The van der Waals surface area contributed by atoms with Crippen LogP contribution in [0, 0.1) is 0 Å². The molecule has 132 valence electrons. The summed E-state index contributed by atoms with van der Waals surface area (Å²) in [7, 11) is 1.52. The highest BCUT2D eigenvalue weighted by Gasteiger charge is 2.33. The third-order valence-corrected chi connectivity index (χ3v) is 3.60. The van der Waals surface area contributed by atoms with Crippen molar-refractivity contribution in [1.29, 1.82) is 0 Å². The third-order valence-electron chi connectivity index (χ3n) is 3.60. The Balaban J connectivity index is 2.73. The number of carboxylic acid groups (broad SMARTS) is 1. The molecule has 1 rings (SSSR count). The molecule has 1 aromatic carbocycles. The largest absolute Gasteiger partial charge is 0.493 e. The molecule has 1 atom stereocenters. The van der Waals surface area contributed by atoms with Crippen LogP contribution >= 0.6 is 0 Å². The van der Waals surface area contributed by atoms with Gasteiger partial charge in [-0.3, -0.25) is 4.79 Å². The Kier molecular flexibility index (Phi) is 7.30. The van der Waals surface area contributed by atoms with Crippen molar-refractivity contribution in [1.82, 2.24) is 5.32 Å². The van der Waals surface area contributed by atoms with E-state index in [1.54, 1.807) is 12.1 Å². The number of ether oxygens (including phenoxy) is 2. The summed E-state index contributed by atoms with van der Waals surface area (Å²) in [5, 5.41) is 11.8. The molecule has 0 aromatic heterocycles. The number of aliphatic carboxylic acids is 1. The first-order valence-electron chi connectivity index (χ1n) is 7.81. The first kappa shape index (κ1) is 19.5. The Morgan fingerprint density at radius 1 is 1.38 bits per heavy atom. The fourth-order valence-electron chi connectivity index (χ4n) is 2.33. The molecule has 0 spiro atoms. The fraction of sp³-hybridized carbons (Fsp3) is 0.444. The van der Waals surface area contributed by atoms with E-state index < -0.39 is 17.4 Å². The number of nitrogens with one attached hydrogen (secondary N) is 1. The van der Waals surface area contributed by atoms with E-state index in [9.17, 15) is 14.7 Å². The van der Waals surface area contributed by atoms with Gasteiger partial charge in [0.2, 0.25) is 0 Å². The second-order valence-corrected chi connectivity index (χ2v) is 5.70. The van der Waals surface area contributed by atoms with Gasteiger partial charge in [-0.2, -0.15) is 0 Å². The van der Waals surface area contributed by atoms with Crippen molar-refractivity contribution < 1.29 is 24.2 Å². The summed E-state index contributed by atoms with van der Waals surface area (Å²) < 4.78 is 10.7. The van der Waals surface area contributed by atoms with Gasteiger partial charge in [-0.25, -0.2) is 4.79 Å². The maximum atomic E-state index is 12.0. The predicted molar refractivity (Wildman–Crippen MR) is 91.5 cm³/mol. The van der Waals surface area contributed by atoms with Crippen molar-refractivity contribution in [3.63, 3.8) is 0 Å². The first-order chi connectivity index (χ1) is 11.4. The second kappa shape index (κ2) is 8.96. The third kappa shape index (κ3) is 5.30. The second-order valence-electron chi connectivity index (χ2n) is 5.70. The zero-order valence-corrected chi connectivity index (χ0v) is 14.4. The minimum absolute atomic E-state index is 0.288. The van der Waals surface area contributed by atoms with Gasteiger partial charge in [0.1, 0.15) is 5.54 Å². The normalized spacial score (nSPS) is 12.8. The molecule has 0 aliphatic carbocycles. The van der Waals surface area contributed by atoms with E-state index in [0.29, 0.717) is 30.8 Å². The lowest BCUT2D eigenvalue weighted by Crippen LogP contribution is -2.53. The number of rotatable bonds is 10. The van der Waals surface area contributed by atoms with Crippen molar-refractivity contribution >= 4 is 11.9 Å². The summed E-state index contributed by atoms with van der Waals surface area (Å²) >= 11 is 0. The van der Waals surface area contributed by atoms with Crippen LogP contribution in [0.3, 0.4) is 0 Å². The van der Waals surface area contributed by atoms with Crippen LogP contribution in [0.1, 0.15) is 32.3 Å². The SMILES string of the molecule is C=CCc1ccc(OCC(=O)NC(C)(CCC)C(=O)O)c(OC)c1. The van der Waals surface area contributed by atoms with Crippen molar-refractivity contribution in [3.05, 3.63) is 36.4 Å². The Labute approximate surface area is 142 Å². The number of methoxy groups -OCH3 is 1. The Morgan fingerprint density at radius 3 is 2.62 bits per heavy atom. The summed E-state index contributed by atoms with van der Waals surface area (Å²) in [6, 6.07) is 5.39. The molecule has 0 aliphatic heterocycles. The maximum absolute atomic E-state index is 12.0. The lowest BCUT2D eigenvalue weighted by molar-refractivity contribution is -0.147. The first-order valence-corrected chi connectivity index (χ1v) is 7.81. The van der Waals surface area contributed by atoms with Crippen LogP contribution in [0.2, 0.25) is 0 Å². The van der Waals surface area contributed by atoms with Gasteiger partial charge in [-0.15, -0.1) is 6.58 Å². The van der Waals surface area contributed by atoms with Gasteiger partial charge in [0.05, 0.1) is 7.11 Å². The summed E-state index contributed by atoms with van der Waals surface area (Å²) in [5.41, 5.74) is -0.285. The molecule has 6 nitrogen and oxygen atoms in total. The van der Waals surface area contributed by atoms with Gasteiger partial charge < -0.3 is 19.9 Å². The molecule has 0 radical (unpaired) electrons. The summed E-state index contributed by atoms with van der Waals surface area (Å²) in [6.45, 7) is 6.74. The quantitative estimate of drug-likeness (QED) is 0.642. The molecule has 6 heteroatoms. The zero-order valence-electron chi connectivity index (χ0n) is 14.4.